The third-order valence-corrected chi connectivity index (χ3v) is 4.99. The molecule has 2 aromatic carbocycles. The molecule has 3 rings (SSSR count). The Morgan fingerprint density at radius 3 is 2.62 bits per heavy atom. The number of carbonyl (C=O) groups is 2. The maximum absolute atomic E-state index is 12.3. The Hall–Kier alpha value is -3.79. The minimum Gasteiger partial charge on any atom is -0.493 e. The standard InChI is InChI=1S/C21H20ClN3O7/c1-11-17(20(26)31-3)18(24-21(27)23-11)13-8-15(25(28)29)19(16(9-13)30-2)32-10-12-5-4-6-14(22)7-12/h4-9,18H,10H2,1-3H3,(H2,23,24,27). The van der Waals surface area contributed by atoms with E-state index in [4.69, 9.17) is 25.8 Å². The molecule has 11 heteroatoms. The number of esters is 1. The summed E-state index contributed by atoms with van der Waals surface area (Å²) in [4.78, 5) is 35.6. The summed E-state index contributed by atoms with van der Waals surface area (Å²) in [6, 6.07) is 8.00. The number of methoxy groups -OCH3 is 2. The third-order valence-electron chi connectivity index (χ3n) is 4.75. The number of nitrogens with one attached hydrogen (secondary N) is 2. The van der Waals surface area contributed by atoms with Gasteiger partial charge in [0, 0.05) is 16.8 Å². The fraction of sp³-hybridized carbons (Fsp3) is 0.238. The number of nitrogens with zero attached hydrogens (tertiary/aromatic N) is 1. The number of hydrogen-bond donors (Lipinski definition) is 2. The van der Waals surface area contributed by atoms with Gasteiger partial charge in [-0.1, -0.05) is 23.7 Å². The molecule has 2 N–H and O–H groups in total. The molecule has 2 amide bonds. The lowest BCUT2D eigenvalue weighted by Gasteiger charge is -2.28. The van der Waals surface area contributed by atoms with Crippen molar-refractivity contribution in [3.63, 3.8) is 0 Å². The largest absolute Gasteiger partial charge is 0.493 e. The SMILES string of the molecule is COC(=O)C1=C(C)NC(=O)NC1c1cc(OC)c(OCc2cccc(Cl)c2)c([N+](=O)[O-])c1. The maximum Gasteiger partial charge on any atom is 0.337 e. The number of allylic oxidation sites excluding steroid dienone is 1. The third kappa shape index (κ3) is 4.75. The van der Waals surface area contributed by atoms with Gasteiger partial charge in [0.05, 0.1) is 30.8 Å². The first kappa shape index (κ1) is 22.9. The molecule has 0 fully saturated rings. The zero-order valence-corrected chi connectivity index (χ0v) is 18.2. The van der Waals surface area contributed by atoms with E-state index in [1.54, 1.807) is 24.3 Å². The molecule has 1 aliphatic heterocycles. The quantitative estimate of drug-likeness (QED) is 0.366. The van der Waals surface area contributed by atoms with E-state index in [1.807, 2.05) is 0 Å². The Morgan fingerprint density at radius 2 is 2.00 bits per heavy atom. The highest BCUT2D eigenvalue weighted by Crippen LogP contribution is 2.42. The van der Waals surface area contributed by atoms with Gasteiger partial charge in [-0.2, -0.15) is 0 Å². The van der Waals surface area contributed by atoms with Gasteiger partial charge in [0.2, 0.25) is 5.75 Å². The first-order valence-corrected chi connectivity index (χ1v) is 9.73. The first-order chi connectivity index (χ1) is 15.2. The average Bonchev–Trinajstić information content (AvgIpc) is 2.76. The fourth-order valence-electron chi connectivity index (χ4n) is 3.31. The second-order valence-corrected chi connectivity index (χ2v) is 7.25. The maximum atomic E-state index is 12.3. The number of ether oxygens (including phenoxy) is 3. The molecule has 0 aliphatic carbocycles. The topological polar surface area (TPSA) is 129 Å². The minimum absolute atomic E-state index is 0.00755. The summed E-state index contributed by atoms with van der Waals surface area (Å²) in [7, 11) is 2.53. The van der Waals surface area contributed by atoms with Crippen molar-refractivity contribution >= 4 is 29.3 Å². The lowest BCUT2D eigenvalue weighted by atomic mass is 9.94. The number of hydrogen-bond acceptors (Lipinski definition) is 7. The molecule has 0 aromatic heterocycles. The van der Waals surface area contributed by atoms with E-state index in [2.05, 4.69) is 10.6 Å². The number of rotatable bonds is 7. The van der Waals surface area contributed by atoms with Crippen LogP contribution in [0.15, 0.2) is 47.7 Å². The summed E-state index contributed by atoms with van der Waals surface area (Å²) in [5.74, 6) is -0.726. The van der Waals surface area contributed by atoms with Crippen LogP contribution >= 0.6 is 11.6 Å². The molecule has 10 nitrogen and oxygen atoms in total. The van der Waals surface area contributed by atoms with Crippen LogP contribution in [0.1, 0.15) is 24.1 Å². The lowest BCUT2D eigenvalue weighted by molar-refractivity contribution is -0.386. The zero-order valence-electron chi connectivity index (χ0n) is 17.4. The van der Waals surface area contributed by atoms with Crippen molar-refractivity contribution in [2.75, 3.05) is 14.2 Å². The minimum atomic E-state index is -0.995. The molecule has 0 spiro atoms. The molecule has 32 heavy (non-hydrogen) atoms. The highest BCUT2D eigenvalue weighted by Gasteiger charge is 2.34. The Morgan fingerprint density at radius 1 is 1.25 bits per heavy atom. The summed E-state index contributed by atoms with van der Waals surface area (Å²) in [5, 5.41) is 17.4. The highest BCUT2D eigenvalue weighted by molar-refractivity contribution is 6.30. The molecular formula is C21H20ClN3O7. The van der Waals surface area contributed by atoms with Gasteiger partial charge in [0.15, 0.2) is 5.75 Å². The van der Waals surface area contributed by atoms with Crippen LogP contribution in [-0.2, 0) is 16.1 Å². The Balaban J connectivity index is 2.06. The van der Waals surface area contributed by atoms with Crippen LogP contribution in [0.2, 0.25) is 5.02 Å². The summed E-state index contributed by atoms with van der Waals surface area (Å²) in [6.07, 6.45) is 0. The molecule has 2 aromatic rings. The van der Waals surface area contributed by atoms with Crippen molar-refractivity contribution in [3.05, 3.63) is 73.9 Å². The van der Waals surface area contributed by atoms with Crippen molar-refractivity contribution in [1.82, 2.24) is 10.6 Å². The van der Waals surface area contributed by atoms with Crippen molar-refractivity contribution in [2.24, 2.45) is 0 Å². The normalized spacial score (nSPS) is 15.5. The first-order valence-electron chi connectivity index (χ1n) is 9.35. The van der Waals surface area contributed by atoms with Crippen molar-refractivity contribution in [2.45, 2.75) is 19.6 Å². The number of benzene rings is 2. The number of amides is 2. The number of nitro groups is 1. The summed E-state index contributed by atoms with van der Waals surface area (Å²) in [6.45, 7) is 1.54. The van der Waals surface area contributed by atoms with Gasteiger partial charge in [0.1, 0.15) is 6.61 Å². The van der Waals surface area contributed by atoms with Crippen molar-refractivity contribution in [1.29, 1.82) is 0 Å². The van der Waals surface area contributed by atoms with E-state index in [-0.39, 0.29) is 34.9 Å². The predicted octanol–water partition coefficient (Wildman–Crippen LogP) is 3.64. The molecule has 168 valence electrons. The number of urea groups is 1. The van der Waals surface area contributed by atoms with Crippen LogP contribution in [0.3, 0.4) is 0 Å². The fourth-order valence-corrected chi connectivity index (χ4v) is 3.53. The number of carbonyl (C=O) groups excluding carboxylic acids is 2. The van der Waals surface area contributed by atoms with E-state index in [0.29, 0.717) is 10.6 Å². The Kier molecular flexibility index (Phi) is 6.84. The molecule has 0 saturated heterocycles. The van der Waals surface area contributed by atoms with Gasteiger partial charge in [-0.25, -0.2) is 9.59 Å². The number of nitro benzene ring substituents is 1. The molecule has 1 unspecified atom stereocenters. The van der Waals surface area contributed by atoms with E-state index in [1.165, 1.54) is 33.3 Å². The summed E-state index contributed by atoms with van der Waals surface area (Å²) >= 11 is 5.98. The molecule has 0 bridgehead atoms. The van der Waals surface area contributed by atoms with Gasteiger partial charge in [-0.3, -0.25) is 10.1 Å². The summed E-state index contributed by atoms with van der Waals surface area (Å²) in [5.41, 5.74) is 0.939. The van der Waals surface area contributed by atoms with Crippen molar-refractivity contribution in [3.8, 4) is 11.5 Å². The Bertz CT molecular complexity index is 1120. The molecule has 1 heterocycles. The van der Waals surface area contributed by atoms with Gasteiger partial charge in [0.25, 0.3) is 0 Å². The van der Waals surface area contributed by atoms with Gasteiger partial charge in [-0.05, 0) is 36.2 Å². The Labute approximate surface area is 188 Å². The highest BCUT2D eigenvalue weighted by atomic mass is 35.5. The van der Waals surface area contributed by atoms with Crippen LogP contribution in [0.4, 0.5) is 10.5 Å². The lowest BCUT2D eigenvalue weighted by Crippen LogP contribution is -2.45. The second-order valence-electron chi connectivity index (χ2n) is 6.81. The van der Waals surface area contributed by atoms with E-state index >= 15 is 0 Å². The van der Waals surface area contributed by atoms with Crippen LogP contribution < -0.4 is 20.1 Å². The smallest absolute Gasteiger partial charge is 0.337 e. The van der Waals surface area contributed by atoms with Crippen molar-refractivity contribution < 1.29 is 28.7 Å². The van der Waals surface area contributed by atoms with Gasteiger partial charge < -0.3 is 24.8 Å². The van der Waals surface area contributed by atoms with E-state index < -0.39 is 28.7 Å². The van der Waals surface area contributed by atoms with E-state index in [9.17, 15) is 19.7 Å². The van der Waals surface area contributed by atoms with Gasteiger partial charge in [-0.15, -0.1) is 0 Å². The van der Waals surface area contributed by atoms with Crippen LogP contribution in [0, 0.1) is 10.1 Å². The predicted molar refractivity (Wildman–Crippen MR) is 115 cm³/mol. The molecule has 1 aliphatic rings. The molecule has 0 saturated carbocycles. The van der Waals surface area contributed by atoms with E-state index in [0.717, 1.165) is 0 Å². The average molecular weight is 462 g/mol. The molecule has 0 radical (unpaired) electrons. The van der Waals surface area contributed by atoms with Crippen LogP contribution in [-0.4, -0.2) is 31.1 Å². The van der Waals surface area contributed by atoms with Crippen LogP contribution in [0.5, 0.6) is 11.5 Å². The summed E-state index contributed by atoms with van der Waals surface area (Å²) < 4.78 is 15.9. The van der Waals surface area contributed by atoms with Crippen LogP contribution in [0.25, 0.3) is 0 Å². The molecular weight excluding hydrogens is 442 g/mol. The zero-order chi connectivity index (χ0) is 23.4. The number of halogens is 1. The van der Waals surface area contributed by atoms with Gasteiger partial charge >= 0.3 is 17.7 Å². The molecule has 1 atom stereocenters. The monoisotopic (exact) mass is 461 g/mol. The second kappa shape index (κ2) is 9.56.